The zero-order valence-electron chi connectivity index (χ0n) is 19.4. The predicted octanol–water partition coefficient (Wildman–Crippen LogP) is 5.12. The van der Waals surface area contributed by atoms with E-state index in [1.54, 1.807) is 26.6 Å². The monoisotopic (exact) mass is 445 g/mol. The summed E-state index contributed by atoms with van der Waals surface area (Å²) >= 11 is 0. The Balaban J connectivity index is 1.64. The topological polar surface area (TPSA) is 108 Å². The molecular formula is C25H31N7O. The molecule has 1 saturated carbocycles. The molecule has 4 N–H and O–H groups in total. The van der Waals surface area contributed by atoms with Gasteiger partial charge in [-0.2, -0.15) is 0 Å². The lowest BCUT2D eigenvalue weighted by Crippen LogP contribution is -2.37. The first kappa shape index (κ1) is 22.5. The van der Waals surface area contributed by atoms with Crippen LogP contribution in [-0.4, -0.2) is 40.9 Å². The van der Waals surface area contributed by atoms with Crippen LogP contribution in [0.3, 0.4) is 0 Å². The molecule has 0 saturated heterocycles. The molecule has 1 fully saturated rings. The highest BCUT2D eigenvalue weighted by Crippen LogP contribution is 2.33. The van der Waals surface area contributed by atoms with Gasteiger partial charge >= 0.3 is 0 Å². The van der Waals surface area contributed by atoms with Crippen molar-refractivity contribution in [3.8, 4) is 5.75 Å². The molecule has 2 heterocycles. The highest BCUT2D eigenvalue weighted by molar-refractivity contribution is 6.08. The van der Waals surface area contributed by atoms with E-state index in [4.69, 9.17) is 15.1 Å². The summed E-state index contributed by atoms with van der Waals surface area (Å²) in [6.07, 6.45) is 12.7. The van der Waals surface area contributed by atoms with Gasteiger partial charge in [0, 0.05) is 48.4 Å². The Bertz CT molecular complexity index is 1170. The third-order valence-corrected chi connectivity index (χ3v) is 6.11. The smallest absolute Gasteiger partial charge is 0.227 e. The van der Waals surface area contributed by atoms with Crippen molar-refractivity contribution in [1.29, 1.82) is 5.41 Å². The summed E-state index contributed by atoms with van der Waals surface area (Å²) in [5.41, 5.74) is 3.19. The number of pyridine rings is 1. The average molecular weight is 446 g/mol. The van der Waals surface area contributed by atoms with E-state index in [2.05, 4.69) is 32.8 Å². The molecule has 1 aromatic carbocycles. The van der Waals surface area contributed by atoms with E-state index < -0.39 is 0 Å². The number of aromatic nitrogens is 3. The van der Waals surface area contributed by atoms with Gasteiger partial charge < -0.3 is 26.1 Å². The number of hydrogen-bond acceptors (Lipinski definition) is 8. The number of fused-ring (bicyclic) bond motifs is 1. The van der Waals surface area contributed by atoms with Gasteiger partial charge in [0.1, 0.15) is 11.3 Å². The molecule has 172 valence electrons. The van der Waals surface area contributed by atoms with Crippen LogP contribution in [0, 0.1) is 5.41 Å². The second-order valence-electron chi connectivity index (χ2n) is 8.61. The van der Waals surface area contributed by atoms with E-state index in [1.165, 1.54) is 25.5 Å². The van der Waals surface area contributed by atoms with Crippen molar-refractivity contribution >= 4 is 40.1 Å². The van der Waals surface area contributed by atoms with Crippen LogP contribution in [0.4, 0.5) is 17.5 Å². The van der Waals surface area contributed by atoms with Crippen LogP contribution in [0.1, 0.15) is 44.6 Å². The molecule has 8 heteroatoms. The van der Waals surface area contributed by atoms with Crippen LogP contribution < -0.4 is 20.7 Å². The van der Waals surface area contributed by atoms with Gasteiger partial charge in [-0.15, -0.1) is 0 Å². The molecular weight excluding hydrogens is 414 g/mol. The Hall–Kier alpha value is -3.68. The quantitative estimate of drug-likeness (QED) is 0.356. The minimum atomic E-state index is 0.0323. The van der Waals surface area contributed by atoms with E-state index in [0.717, 1.165) is 46.4 Å². The maximum Gasteiger partial charge on any atom is 0.227 e. The summed E-state index contributed by atoms with van der Waals surface area (Å²) in [6.45, 7) is 2.27. The van der Waals surface area contributed by atoms with Crippen LogP contribution in [0.25, 0.3) is 16.5 Å². The molecule has 0 aliphatic heterocycles. The fourth-order valence-electron chi connectivity index (χ4n) is 4.31. The van der Waals surface area contributed by atoms with Crippen LogP contribution >= 0.6 is 0 Å². The number of anilines is 3. The van der Waals surface area contributed by atoms with E-state index in [9.17, 15) is 0 Å². The molecule has 33 heavy (non-hydrogen) atoms. The van der Waals surface area contributed by atoms with Crippen molar-refractivity contribution in [2.45, 2.75) is 44.6 Å². The summed E-state index contributed by atoms with van der Waals surface area (Å²) in [5, 5.41) is 18.5. The summed E-state index contributed by atoms with van der Waals surface area (Å²) in [6, 6.07) is 7.64. The first-order chi connectivity index (χ1) is 16.0. The minimum absolute atomic E-state index is 0.0323. The van der Waals surface area contributed by atoms with Crippen LogP contribution in [0.15, 0.2) is 42.9 Å². The molecule has 0 radical (unpaired) electrons. The Morgan fingerprint density at radius 1 is 1.15 bits per heavy atom. The molecule has 4 rings (SSSR count). The van der Waals surface area contributed by atoms with E-state index in [0.29, 0.717) is 11.7 Å². The molecule has 1 aliphatic carbocycles. The lowest BCUT2D eigenvalue weighted by Gasteiger charge is -2.35. The Morgan fingerprint density at radius 3 is 2.70 bits per heavy atom. The van der Waals surface area contributed by atoms with Gasteiger partial charge in [0.15, 0.2) is 5.82 Å². The largest absolute Gasteiger partial charge is 0.495 e. The summed E-state index contributed by atoms with van der Waals surface area (Å²) in [7, 11) is 3.43. The van der Waals surface area contributed by atoms with Crippen LogP contribution in [0.5, 0.6) is 5.75 Å². The number of benzene rings is 1. The molecule has 0 bridgehead atoms. The van der Waals surface area contributed by atoms with Crippen molar-refractivity contribution < 1.29 is 4.74 Å². The van der Waals surface area contributed by atoms with Crippen LogP contribution in [-0.2, 0) is 0 Å². The van der Waals surface area contributed by atoms with Gasteiger partial charge in [0.2, 0.25) is 5.95 Å². The molecule has 1 aliphatic rings. The third-order valence-electron chi connectivity index (χ3n) is 6.11. The van der Waals surface area contributed by atoms with Gasteiger partial charge in [0.05, 0.1) is 12.8 Å². The third kappa shape index (κ3) is 5.05. The van der Waals surface area contributed by atoms with E-state index >= 15 is 0 Å². The first-order valence-corrected chi connectivity index (χ1v) is 11.3. The highest BCUT2D eigenvalue weighted by Gasteiger charge is 2.27. The number of methoxy groups -OCH3 is 1. The van der Waals surface area contributed by atoms with E-state index in [1.807, 2.05) is 30.5 Å². The number of nitrogens with zero attached hydrogens (tertiary/aromatic N) is 3. The van der Waals surface area contributed by atoms with Crippen molar-refractivity contribution in [2.24, 2.45) is 0 Å². The van der Waals surface area contributed by atoms with Crippen molar-refractivity contribution in [3.63, 3.8) is 0 Å². The predicted molar refractivity (Wildman–Crippen MR) is 135 cm³/mol. The van der Waals surface area contributed by atoms with Gasteiger partial charge in [-0.05, 0) is 43.5 Å². The SMILES string of the molecule is CN/C=C(\C=N)c1ccc(Nc2ncc3ccnc(NC4(C)CCCCC4)c3n2)c(OC)c1. The molecule has 0 spiro atoms. The number of allylic oxidation sites excluding steroid dienone is 1. The molecule has 2 aromatic heterocycles. The number of ether oxygens (including phenoxy) is 1. The maximum absolute atomic E-state index is 7.64. The maximum atomic E-state index is 7.64. The Kier molecular flexibility index (Phi) is 6.72. The first-order valence-electron chi connectivity index (χ1n) is 11.3. The molecule has 3 aromatic rings. The summed E-state index contributed by atoms with van der Waals surface area (Å²) in [5.74, 6) is 1.90. The zero-order chi connectivity index (χ0) is 23.3. The van der Waals surface area contributed by atoms with Crippen LogP contribution in [0.2, 0.25) is 0 Å². The van der Waals surface area contributed by atoms with Gasteiger partial charge in [0.25, 0.3) is 0 Å². The summed E-state index contributed by atoms with van der Waals surface area (Å²) in [4.78, 5) is 13.9. The van der Waals surface area contributed by atoms with Crippen molar-refractivity contribution in [1.82, 2.24) is 20.3 Å². The normalized spacial score (nSPS) is 15.7. The molecule has 0 atom stereocenters. The van der Waals surface area contributed by atoms with Crippen molar-refractivity contribution in [2.75, 3.05) is 24.8 Å². The lowest BCUT2D eigenvalue weighted by molar-refractivity contribution is 0.349. The number of rotatable bonds is 8. The lowest BCUT2D eigenvalue weighted by atomic mass is 9.83. The second kappa shape index (κ2) is 9.85. The van der Waals surface area contributed by atoms with Crippen molar-refractivity contribution in [3.05, 3.63) is 48.4 Å². The fraction of sp³-hybridized carbons (Fsp3) is 0.360. The highest BCUT2D eigenvalue weighted by atomic mass is 16.5. The average Bonchev–Trinajstić information content (AvgIpc) is 2.83. The van der Waals surface area contributed by atoms with Gasteiger partial charge in [-0.3, -0.25) is 0 Å². The summed E-state index contributed by atoms with van der Waals surface area (Å²) < 4.78 is 5.59. The Labute approximate surface area is 194 Å². The Morgan fingerprint density at radius 2 is 1.97 bits per heavy atom. The minimum Gasteiger partial charge on any atom is -0.495 e. The molecule has 8 nitrogen and oxygen atoms in total. The number of hydrogen-bond donors (Lipinski definition) is 4. The standard InChI is InChI=1S/C25H31N7O/c1-25(10-5-4-6-11-25)32-23-22-18(9-12-28-23)16-29-24(31-22)30-20-8-7-17(13-21(20)33-3)19(14-26)15-27-2/h7-9,12-16,26-27H,4-6,10-11H2,1-3H3,(H,28,32)(H,29,30,31)/b19-15+,26-14?. The molecule has 0 unspecified atom stereocenters. The van der Waals surface area contributed by atoms with Gasteiger partial charge in [-0.1, -0.05) is 25.3 Å². The molecule has 0 amide bonds. The van der Waals surface area contributed by atoms with E-state index in [-0.39, 0.29) is 5.54 Å². The van der Waals surface area contributed by atoms with Gasteiger partial charge in [-0.25, -0.2) is 15.0 Å². The number of nitrogens with one attached hydrogen (secondary N) is 4. The fourth-order valence-corrected chi connectivity index (χ4v) is 4.31. The zero-order valence-corrected chi connectivity index (χ0v) is 19.4. The second-order valence-corrected chi connectivity index (χ2v) is 8.61.